The van der Waals surface area contributed by atoms with Crippen molar-refractivity contribution >= 4 is 45.2 Å². The van der Waals surface area contributed by atoms with Crippen LogP contribution in [-0.4, -0.2) is 5.91 Å². The molecular weight excluding hydrogens is 436 g/mol. The summed E-state index contributed by atoms with van der Waals surface area (Å²) in [6.45, 7) is 0. The summed E-state index contributed by atoms with van der Waals surface area (Å²) in [6.07, 6.45) is 2.22. The second-order valence-corrected chi connectivity index (χ2v) is 7.37. The highest BCUT2D eigenvalue weighted by atomic mass is 79.9. The molecule has 0 aliphatic carbocycles. The largest absolute Gasteiger partial charge is 0.321 e. The van der Waals surface area contributed by atoms with E-state index in [1.165, 1.54) is 6.08 Å². The fourth-order valence-electron chi connectivity index (χ4n) is 2.68. The number of carbonyl (C=O) groups is 1. The smallest absolute Gasteiger partial charge is 0.266 e. The first-order chi connectivity index (χ1) is 13.6. The summed E-state index contributed by atoms with van der Waals surface area (Å²) in [5, 5.41) is 12.7. The number of hydrogen-bond acceptors (Lipinski definition) is 2. The average Bonchev–Trinajstić information content (AvgIpc) is 2.70. The summed E-state index contributed by atoms with van der Waals surface area (Å²) in [4.78, 5) is 12.3. The Morgan fingerprint density at radius 1 is 1.04 bits per heavy atom. The molecule has 3 aromatic rings. The van der Waals surface area contributed by atoms with Crippen molar-refractivity contribution in [3.8, 4) is 6.07 Å². The SMILES string of the molecule is N#C/C(=C\c1ccc(Cc2ccccc2Br)c(Cl)c1)C(=O)Nc1ccccc1. The van der Waals surface area contributed by atoms with Gasteiger partial charge in [0.1, 0.15) is 11.6 Å². The van der Waals surface area contributed by atoms with Gasteiger partial charge in [-0.2, -0.15) is 5.26 Å². The first kappa shape index (κ1) is 19.9. The molecule has 3 nitrogen and oxygen atoms in total. The van der Waals surface area contributed by atoms with E-state index in [9.17, 15) is 10.1 Å². The first-order valence-corrected chi connectivity index (χ1v) is 9.74. The number of hydrogen-bond donors (Lipinski definition) is 1. The van der Waals surface area contributed by atoms with Crippen LogP contribution in [0.3, 0.4) is 0 Å². The van der Waals surface area contributed by atoms with Gasteiger partial charge in [0, 0.05) is 21.6 Å². The molecule has 0 aliphatic rings. The van der Waals surface area contributed by atoms with Gasteiger partial charge in [0.05, 0.1) is 0 Å². The maximum absolute atomic E-state index is 12.3. The minimum atomic E-state index is -0.456. The minimum Gasteiger partial charge on any atom is -0.321 e. The van der Waals surface area contributed by atoms with E-state index in [0.717, 1.165) is 15.6 Å². The zero-order chi connectivity index (χ0) is 19.9. The summed E-state index contributed by atoms with van der Waals surface area (Å²) in [7, 11) is 0. The Morgan fingerprint density at radius 3 is 2.43 bits per heavy atom. The van der Waals surface area contributed by atoms with Crippen molar-refractivity contribution in [1.82, 2.24) is 0 Å². The second kappa shape index (κ2) is 9.36. The lowest BCUT2D eigenvalue weighted by molar-refractivity contribution is -0.112. The van der Waals surface area contributed by atoms with Crippen LogP contribution in [-0.2, 0) is 11.2 Å². The van der Waals surface area contributed by atoms with Gasteiger partial charge in [-0.05, 0) is 47.0 Å². The van der Waals surface area contributed by atoms with E-state index in [2.05, 4.69) is 21.2 Å². The number of anilines is 1. The summed E-state index contributed by atoms with van der Waals surface area (Å²) in [5.74, 6) is -0.456. The van der Waals surface area contributed by atoms with Crippen LogP contribution >= 0.6 is 27.5 Å². The third-order valence-corrected chi connectivity index (χ3v) is 5.25. The molecule has 0 atom stereocenters. The van der Waals surface area contributed by atoms with Crippen molar-refractivity contribution in [2.75, 3.05) is 5.32 Å². The molecule has 3 aromatic carbocycles. The maximum atomic E-state index is 12.3. The van der Waals surface area contributed by atoms with E-state index in [1.54, 1.807) is 18.2 Å². The highest BCUT2D eigenvalue weighted by Crippen LogP contribution is 2.25. The van der Waals surface area contributed by atoms with Crippen LogP contribution in [0.2, 0.25) is 5.02 Å². The fourth-order valence-corrected chi connectivity index (χ4v) is 3.36. The molecule has 1 amide bonds. The molecule has 0 unspecified atom stereocenters. The van der Waals surface area contributed by atoms with Crippen LogP contribution in [0.4, 0.5) is 5.69 Å². The number of nitrogens with one attached hydrogen (secondary N) is 1. The standard InChI is InChI=1S/C23H16BrClN2O/c24-21-9-5-4-6-17(21)14-18-11-10-16(13-22(18)25)12-19(15-26)23(28)27-20-7-2-1-3-8-20/h1-13H,14H2,(H,27,28)/b19-12+. The van der Waals surface area contributed by atoms with Crippen molar-refractivity contribution < 1.29 is 4.79 Å². The molecule has 138 valence electrons. The number of halogens is 2. The summed E-state index contributed by atoms with van der Waals surface area (Å²) >= 11 is 9.98. The van der Waals surface area contributed by atoms with Gasteiger partial charge in [-0.1, -0.05) is 76.1 Å². The van der Waals surface area contributed by atoms with Crippen LogP contribution in [0.5, 0.6) is 0 Å². The van der Waals surface area contributed by atoms with Gasteiger partial charge in [-0.3, -0.25) is 4.79 Å². The predicted molar refractivity (Wildman–Crippen MR) is 117 cm³/mol. The van der Waals surface area contributed by atoms with Gasteiger partial charge in [0.2, 0.25) is 0 Å². The molecule has 0 aromatic heterocycles. The van der Waals surface area contributed by atoms with E-state index < -0.39 is 5.91 Å². The lowest BCUT2D eigenvalue weighted by Gasteiger charge is -2.08. The molecule has 1 N–H and O–H groups in total. The van der Waals surface area contributed by atoms with Crippen LogP contribution in [0.15, 0.2) is 82.8 Å². The Hall–Kier alpha value is -2.87. The Labute approximate surface area is 177 Å². The van der Waals surface area contributed by atoms with Crippen LogP contribution in [0.25, 0.3) is 6.08 Å². The lowest BCUT2D eigenvalue weighted by atomic mass is 10.0. The highest BCUT2D eigenvalue weighted by molar-refractivity contribution is 9.10. The Morgan fingerprint density at radius 2 is 1.75 bits per heavy atom. The van der Waals surface area contributed by atoms with Gasteiger partial charge in [0.15, 0.2) is 0 Å². The zero-order valence-electron chi connectivity index (χ0n) is 14.8. The van der Waals surface area contributed by atoms with Gasteiger partial charge in [-0.25, -0.2) is 0 Å². The molecule has 0 aliphatic heterocycles. The van der Waals surface area contributed by atoms with Gasteiger partial charge in [0.25, 0.3) is 5.91 Å². The molecule has 0 bridgehead atoms. The Kier molecular flexibility index (Phi) is 6.65. The highest BCUT2D eigenvalue weighted by Gasteiger charge is 2.11. The topological polar surface area (TPSA) is 52.9 Å². The number of nitrogens with zero attached hydrogens (tertiary/aromatic N) is 1. The van der Waals surface area contributed by atoms with Crippen LogP contribution in [0, 0.1) is 11.3 Å². The van der Waals surface area contributed by atoms with E-state index >= 15 is 0 Å². The van der Waals surface area contributed by atoms with E-state index in [1.807, 2.05) is 60.7 Å². The van der Waals surface area contributed by atoms with Crippen molar-refractivity contribution in [1.29, 1.82) is 5.26 Å². The van der Waals surface area contributed by atoms with Crippen LogP contribution in [0.1, 0.15) is 16.7 Å². The average molecular weight is 452 g/mol. The van der Waals surface area contributed by atoms with E-state index in [4.69, 9.17) is 11.6 Å². The normalized spacial score (nSPS) is 11.0. The number of benzene rings is 3. The number of amides is 1. The third kappa shape index (κ3) is 5.10. The molecule has 0 saturated heterocycles. The quantitative estimate of drug-likeness (QED) is 0.369. The minimum absolute atomic E-state index is 0.0125. The van der Waals surface area contributed by atoms with Gasteiger partial charge in [-0.15, -0.1) is 0 Å². The molecule has 0 heterocycles. The third-order valence-electron chi connectivity index (χ3n) is 4.12. The zero-order valence-corrected chi connectivity index (χ0v) is 17.2. The predicted octanol–water partition coefficient (Wildman–Crippen LogP) is 6.24. The Bertz CT molecular complexity index is 1070. The molecule has 5 heteroatoms. The summed E-state index contributed by atoms with van der Waals surface area (Å²) in [6, 6.07) is 24.5. The first-order valence-electron chi connectivity index (χ1n) is 8.57. The number of rotatable bonds is 5. The summed E-state index contributed by atoms with van der Waals surface area (Å²) in [5.41, 5.74) is 3.44. The monoisotopic (exact) mass is 450 g/mol. The maximum Gasteiger partial charge on any atom is 0.266 e. The van der Waals surface area contributed by atoms with Crippen molar-refractivity contribution in [3.63, 3.8) is 0 Å². The number of nitriles is 1. The van der Waals surface area contributed by atoms with Crippen molar-refractivity contribution in [2.45, 2.75) is 6.42 Å². The molecule has 0 fully saturated rings. The van der Waals surface area contributed by atoms with Crippen LogP contribution < -0.4 is 5.32 Å². The summed E-state index contributed by atoms with van der Waals surface area (Å²) < 4.78 is 1.03. The Balaban J connectivity index is 1.79. The molecule has 0 spiro atoms. The molecule has 0 radical (unpaired) electrons. The van der Waals surface area contributed by atoms with Crippen molar-refractivity contribution in [3.05, 3.63) is 105 Å². The number of para-hydroxylation sites is 1. The van der Waals surface area contributed by atoms with E-state index in [0.29, 0.717) is 22.7 Å². The molecular formula is C23H16BrClN2O. The van der Waals surface area contributed by atoms with E-state index in [-0.39, 0.29) is 5.57 Å². The molecule has 28 heavy (non-hydrogen) atoms. The van der Waals surface area contributed by atoms with Gasteiger partial charge >= 0.3 is 0 Å². The second-order valence-electron chi connectivity index (χ2n) is 6.11. The van der Waals surface area contributed by atoms with Gasteiger partial charge < -0.3 is 5.32 Å². The van der Waals surface area contributed by atoms with Crippen molar-refractivity contribution in [2.24, 2.45) is 0 Å². The molecule has 0 saturated carbocycles. The fraction of sp³-hybridized carbons (Fsp3) is 0.0435. The lowest BCUT2D eigenvalue weighted by Crippen LogP contribution is -2.13. The molecule has 3 rings (SSSR count). The number of carbonyl (C=O) groups excluding carboxylic acids is 1.